The SMILES string of the molecule is Cc1ccc(S(=O)(=O)C2=C(O)CCC3CCC(=O)C=C23)cc1. The fourth-order valence-corrected chi connectivity index (χ4v) is 4.80. The minimum absolute atomic E-state index is 0.0452. The van der Waals surface area contributed by atoms with E-state index in [1.807, 2.05) is 6.92 Å². The average molecular weight is 318 g/mol. The summed E-state index contributed by atoms with van der Waals surface area (Å²) in [7, 11) is -3.81. The summed E-state index contributed by atoms with van der Waals surface area (Å²) < 4.78 is 25.8. The van der Waals surface area contributed by atoms with E-state index < -0.39 is 9.84 Å². The Kier molecular flexibility index (Phi) is 3.68. The number of hydrogen-bond donors (Lipinski definition) is 1. The quantitative estimate of drug-likeness (QED) is 0.908. The van der Waals surface area contributed by atoms with E-state index in [1.54, 1.807) is 24.3 Å². The first-order valence-corrected chi connectivity index (χ1v) is 8.86. The van der Waals surface area contributed by atoms with Crippen LogP contribution < -0.4 is 0 Å². The van der Waals surface area contributed by atoms with E-state index >= 15 is 0 Å². The summed E-state index contributed by atoms with van der Waals surface area (Å²) in [6, 6.07) is 6.54. The van der Waals surface area contributed by atoms with Gasteiger partial charge in [-0.25, -0.2) is 8.42 Å². The van der Waals surface area contributed by atoms with Crippen LogP contribution in [0.25, 0.3) is 0 Å². The second kappa shape index (κ2) is 5.39. The van der Waals surface area contributed by atoms with E-state index in [4.69, 9.17) is 0 Å². The summed E-state index contributed by atoms with van der Waals surface area (Å²) in [4.78, 5) is 11.8. The van der Waals surface area contributed by atoms with Crippen molar-refractivity contribution in [3.8, 4) is 0 Å². The third kappa shape index (κ3) is 2.50. The Bertz CT molecular complexity index is 782. The maximum atomic E-state index is 12.9. The highest BCUT2D eigenvalue weighted by atomic mass is 32.2. The third-order valence-electron chi connectivity index (χ3n) is 4.35. The Morgan fingerprint density at radius 1 is 1.09 bits per heavy atom. The van der Waals surface area contributed by atoms with Crippen molar-refractivity contribution in [1.82, 2.24) is 0 Å². The van der Waals surface area contributed by atoms with Gasteiger partial charge in [-0.1, -0.05) is 17.7 Å². The van der Waals surface area contributed by atoms with Crippen LogP contribution in [-0.4, -0.2) is 19.3 Å². The lowest BCUT2D eigenvalue weighted by atomic mass is 9.80. The average Bonchev–Trinajstić information content (AvgIpc) is 2.47. The van der Waals surface area contributed by atoms with Crippen molar-refractivity contribution in [1.29, 1.82) is 0 Å². The predicted octanol–water partition coefficient (Wildman–Crippen LogP) is 3.24. The molecule has 0 saturated carbocycles. The van der Waals surface area contributed by atoms with Crippen LogP contribution in [0.2, 0.25) is 0 Å². The molecule has 1 N–H and O–H groups in total. The summed E-state index contributed by atoms with van der Waals surface area (Å²) in [6.45, 7) is 1.88. The molecule has 2 aliphatic rings. The predicted molar refractivity (Wildman–Crippen MR) is 83.1 cm³/mol. The molecule has 0 radical (unpaired) electrons. The van der Waals surface area contributed by atoms with Crippen LogP contribution in [0.4, 0.5) is 0 Å². The highest BCUT2D eigenvalue weighted by molar-refractivity contribution is 7.95. The summed E-state index contributed by atoms with van der Waals surface area (Å²) >= 11 is 0. The second-order valence-electron chi connectivity index (χ2n) is 5.93. The van der Waals surface area contributed by atoms with E-state index in [0.29, 0.717) is 31.3 Å². The Labute approximate surface area is 130 Å². The van der Waals surface area contributed by atoms with Crippen LogP contribution in [-0.2, 0) is 14.6 Å². The summed E-state index contributed by atoms with van der Waals surface area (Å²) in [5, 5.41) is 10.2. The molecule has 0 bridgehead atoms. The van der Waals surface area contributed by atoms with Gasteiger partial charge < -0.3 is 5.11 Å². The number of rotatable bonds is 2. The number of allylic oxidation sites excluding steroid dienone is 3. The highest BCUT2D eigenvalue weighted by Gasteiger charge is 2.37. The zero-order chi connectivity index (χ0) is 15.9. The van der Waals surface area contributed by atoms with Crippen LogP contribution in [0.15, 0.2) is 51.5 Å². The number of ketones is 1. The van der Waals surface area contributed by atoms with Crippen molar-refractivity contribution in [3.63, 3.8) is 0 Å². The largest absolute Gasteiger partial charge is 0.511 e. The molecule has 0 saturated heterocycles. The number of fused-ring (bicyclic) bond motifs is 1. The zero-order valence-corrected chi connectivity index (χ0v) is 13.2. The van der Waals surface area contributed by atoms with Gasteiger partial charge in [0.25, 0.3) is 0 Å². The number of aryl methyl sites for hydroxylation is 1. The van der Waals surface area contributed by atoms with E-state index in [9.17, 15) is 18.3 Å². The molecule has 0 aromatic heterocycles. The van der Waals surface area contributed by atoms with Crippen molar-refractivity contribution in [2.75, 3.05) is 0 Å². The molecule has 3 rings (SSSR count). The number of aliphatic hydroxyl groups excluding tert-OH is 1. The standard InChI is InChI=1S/C17H18O4S/c1-11-2-7-14(8-3-11)22(20,21)17-15-10-13(18)6-4-12(15)5-9-16(17)19/h2-3,7-8,10,12,19H,4-6,9H2,1H3. The molecule has 22 heavy (non-hydrogen) atoms. The molecule has 1 aromatic rings. The van der Waals surface area contributed by atoms with Crippen molar-refractivity contribution in [2.45, 2.75) is 37.5 Å². The van der Waals surface area contributed by atoms with Crippen molar-refractivity contribution >= 4 is 15.6 Å². The first-order valence-electron chi connectivity index (χ1n) is 7.38. The van der Waals surface area contributed by atoms with Crippen LogP contribution in [0, 0.1) is 12.8 Å². The van der Waals surface area contributed by atoms with Crippen LogP contribution in [0.1, 0.15) is 31.2 Å². The number of hydrogen-bond acceptors (Lipinski definition) is 4. The fraction of sp³-hybridized carbons (Fsp3) is 0.353. The Morgan fingerprint density at radius 3 is 2.41 bits per heavy atom. The minimum Gasteiger partial charge on any atom is -0.511 e. The van der Waals surface area contributed by atoms with E-state index in [-0.39, 0.29) is 27.3 Å². The first kappa shape index (κ1) is 15.0. The first-order chi connectivity index (χ1) is 10.4. The lowest BCUT2D eigenvalue weighted by Gasteiger charge is -2.30. The minimum atomic E-state index is -3.81. The molecule has 0 amide bonds. The van der Waals surface area contributed by atoms with Crippen LogP contribution in [0.5, 0.6) is 0 Å². The normalized spacial score (nSPS) is 22.3. The van der Waals surface area contributed by atoms with Gasteiger partial charge in [-0.05, 0) is 49.5 Å². The van der Waals surface area contributed by atoms with Gasteiger partial charge in [0.05, 0.1) is 4.90 Å². The molecule has 116 valence electrons. The fourth-order valence-electron chi connectivity index (χ4n) is 3.12. The number of sulfone groups is 1. The van der Waals surface area contributed by atoms with E-state index in [1.165, 1.54) is 6.08 Å². The highest BCUT2D eigenvalue weighted by Crippen LogP contribution is 2.42. The van der Waals surface area contributed by atoms with Gasteiger partial charge in [0.2, 0.25) is 9.84 Å². The summed E-state index contributed by atoms with van der Waals surface area (Å²) in [5.74, 6) is -0.154. The van der Waals surface area contributed by atoms with Gasteiger partial charge in [0, 0.05) is 12.8 Å². The van der Waals surface area contributed by atoms with Gasteiger partial charge in [-0.3, -0.25) is 4.79 Å². The zero-order valence-electron chi connectivity index (χ0n) is 12.4. The second-order valence-corrected chi connectivity index (χ2v) is 7.82. The van der Waals surface area contributed by atoms with Crippen molar-refractivity contribution < 1.29 is 18.3 Å². The van der Waals surface area contributed by atoms with E-state index in [0.717, 1.165) is 5.56 Å². The maximum Gasteiger partial charge on any atom is 0.210 e. The molecule has 0 heterocycles. The molecule has 0 fully saturated rings. The monoisotopic (exact) mass is 318 g/mol. The van der Waals surface area contributed by atoms with Gasteiger partial charge >= 0.3 is 0 Å². The molecular formula is C17H18O4S. The van der Waals surface area contributed by atoms with Crippen LogP contribution >= 0.6 is 0 Å². The topological polar surface area (TPSA) is 71.4 Å². The van der Waals surface area contributed by atoms with Gasteiger partial charge in [-0.15, -0.1) is 0 Å². The molecule has 0 aliphatic heterocycles. The smallest absolute Gasteiger partial charge is 0.210 e. The van der Waals surface area contributed by atoms with Gasteiger partial charge in [0.1, 0.15) is 10.7 Å². The Balaban J connectivity index is 2.15. The van der Waals surface area contributed by atoms with Crippen molar-refractivity contribution in [2.24, 2.45) is 5.92 Å². The molecule has 0 spiro atoms. The molecular weight excluding hydrogens is 300 g/mol. The molecule has 5 heteroatoms. The molecule has 2 aliphatic carbocycles. The van der Waals surface area contributed by atoms with Crippen molar-refractivity contribution in [3.05, 3.63) is 52.1 Å². The molecule has 1 atom stereocenters. The van der Waals surface area contributed by atoms with Crippen LogP contribution in [0.3, 0.4) is 0 Å². The number of carbonyl (C=O) groups is 1. The number of benzene rings is 1. The van der Waals surface area contributed by atoms with E-state index in [2.05, 4.69) is 0 Å². The molecule has 1 unspecified atom stereocenters. The number of carbonyl (C=O) groups excluding carboxylic acids is 1. The number of aliphatic hydroxyl groups is 1. The van der Waals surface area contributed by atoms with Gasteiger partial charge in [0.15, 0.2) is 5.78 Å². The Hall–Kier alpha value is -1.88. The molecule has 4 nitrogen and oxygen atoms in total. The summed E-state index contributed by atoms with van der Waals surface area (Å²) in [6.07, 6.45) is 3.55. The van der Waals surface area contributed by atoms with Gasteiger partial charge in [-0.2, -0.15) is 0 Å². The Morgan fingerprint density at radius 2 is 1.73 bits per heavy atom. The lowest BCUT2D eigenvalue weighted by Crippen LogP contribution is -2.24. The molecule has 1 aromatic carbocycles. The lowest BCUT2D eigenvalue weighted by molar-refractivity contribution is -0.115. The summed E-state index contributed by atoms with van der Waals surface area (Å²) in [5.41, 5.74) is 1.45. The maximum absolute atomic E-state index is 12.9. The third-order valence-corrected chi connectivity index (χ3v) is 6.25.